The van der Waals surface area contributed by atoms with E-state index in [2.05, 4.69) is 25.7 Å². The van der Waals surface area contributed by atoms with E-state index < -0.39 is 5.97 Å². The molecule has 0 amide bonds. The average molecular weight is 196 g/mol. The molecule has 0 rings (SSSR count). The molecule has 0 aromatic heterocycles. The van der Waals surface area contributed by atoms with Crippen LogP contribution in [0.1, 0.15) is 47.0 Å². The lowest BCUT2D eigenvalue weighted by Gasteiger charge is -2.18. The zero-order chi connectivity index (χ0) is 11.2. The van der Waals surface area contributed by atoms with Crippen molar-refractivity contribution in [2.45, 2.75) is 47.0 Å². The van der Waals surface area contributed by atoms with Crippen molar-refractivity contribution < 1.29 is 9.90 Å². The summed E-state index contributed by atoms with van der Waals surface area (Å²) in [4.78, 5) is 10.6. The van der Waals surface area contributed by atoms with Crippen molar-refractivity contribution in [3.8, 4) is 11.8 Å². The summed E-state index contributed by atoms with van der Waals surface area (Å²) in [6.45, 7) is 7.88. The van der Waals surface area contributed by atoms with Crippen molar-refractivity contribution in [3.05, 3.63) is 0 Å². The van der Waals surface area contributed by atoms with Gasteiger partial charge in [0.2, 0.25) is 0 Å². The fraction of sp³-hybridized carbons (Fsp3) is 0.750. The molecule has 0 spiro atoms. The molecule has 1 N–H and O–H groups in total. The van der Waals surface area contributed by atoms with Crippen LogP contribution < -0.4 is 0 Å². The topological polar surface area (TPSA) is 37.3 Å². The Bertz CT molecular complexity index is 243. The summed E-state index contributed by atoms with van der Waals surface area (Å²) in [7, 11) is 0. The Hall–Kier alpha value is -0.970. The van der Waals surface area contributed by atoms with E-state index in [4.69, 9.17) is 5.11 Å². The van der Waals surface area contributed by atoms with E-state index in [1.807, 2.05) is 6.92 Å². The first-order chi connectivity index (χ1) is 6.39. The van der Waals surface area contributed by atoms with Gasteiger partial charge in [-0.2, -0.15) is 0 Å². The Morgan fingerprint density at radius 3 is 2.50 bits per heavy atom. The number of carbonyl (C=O) groups is 1. The zero-order valence-electron chi connectivity index (χ0n) is 9.55. The maximum absolute atomic E-state index is 10.6. The highest BCUT2D eigenvalue weighted by molar-refractivity contribution is 5.69. The lowest BCUT2D eigenvalue weighted by Crippen LogP contribution is -2.15. The third-order valence-electron chi connectivity index (χ3n) is 2.23. The van der Waals surface area contributed by atoms with Crippen molar-refractivity contribution in [3.63, 3.8) is 0 Å². The van der Waals surface area contributed by atoms with Crippen LogP contribution >= 0.6 is 0 Å². The smallest absolute Gasteiger partial charge is 0.306 e. The molecule has 1 atom stereocenters. The predicted octanol–water partition coefficient (Wildman–Crippen LogP) is 2.93. The van der Waals surface area contributed by atoms with Gasteiger partial charge >= 0.3 is 5.97 Å². The van der Waals surface area contributed by atoms with Gasteiger partial charge in [0, 0.05) is 11.8 Å². The molecular formula is C12H20O2. The third kappa shape index (κ3) is 5.64. The second kappa shape index (κ2) is 5.70. The maximum atomic E-state index is 10.6. The minimum Gasteiger partial charge on any atom is -0.481 e. The quantitative estimate of drug-likeness (QED) is 0.702. The van der Waals surface area contributed by atoms with Crippen LogP contribution in [-0.4, -0.2) is 11.1 Å². The van der Waals surface area contributed by atoms with E-state index in [1.165, 1.54) is 0 Å². The van der Waals surface area contributed by atoms with E-state index in [0.29, 0.717) is 6.42 Å². The Balaban J connectivity index is 4.05. The number of aliphatic carboxylic acids is 1. The van der Waals surface area contributed by atoms with Crippen molar-refractivity contribution in [2.75, 3.05) is 0 Å². The molecule has 14 heavy (non-hydrogen) atoms. The highest BCUT2D eigenvalue weighted by Gasteiger charge is 2.18. The monoisotopic (exact) mass is 196 g/mol. The molecule has 0 aromatic rings. The Morgan fingerprint density at radius 2 is 2.07 bits per heavy atom. The molecule has 0 aliphatic carbocycles. The fourth-order valence-electron chi connectivity index (χ4n) is 1.09. The van der Waals surface area contributed by atoms with E-state index in [1.54, 1.807) is 6.92 Å². The largest absolute Gasteiger partial charge is 0.481 e. The van der Waals surface area contributed by atoms with Crippen molar-refractivity contribution in [1.29, 1.82) is 0 Å². The molecule has 0 aliphatic heterocycles. The maximum Gasteiger partial charge on any atom is 0.306 e. The summed E-state index contributed by atoms with van der Waals surface area (Å²) in [6, 6.07) is 0. The molecular weight excluding hydrogens is 176 g/mol. The first-order valence-electron chi connectivity index (χ1n) is 5.12. The van der Waals surface area contributed by atoms with Gasteiger partial charge in [0.15, 0.2) is 0 Å². The van der Waals surface area contributed by atoms with Gasteiger partial charge in [-0.1, -0.05) is 19.8 Å². The van der Waals surface area contributed by atoms with E-state index >= 15 is 0 Å². The molecule has 0 aromatic carbocycles. The van der Waals surface area contributed by atoms with Gasteiger partial charge in [-0.05, 0) is 26.7 Å². The fourth-order valence-corrected chi connectivity index (χ4v) is 1.09. The molecule has 0 aliphatic rings. The van der Waals surface area contributed by atoms with Gasteiger partial charge in [-0.15, -0.1) is 5.92 Å². The summed E-state index contributed by atoms with van der Waals surface area (Å²) in [6.07, 6.45) is 2.39. The van der Waals surface area contributed by atoms with E-state index in [0.717, 1.165) is 12.8 Å². The van der Waals surface area contributed by atoms with Gasteiger partial charge in [0.1, 0.15) is 0 Å². The van der Waals surface area contributed by atoms with E-state index in [9.17, 15) is 4.79 Å². The number of hydrogen-bond donors (Lipinski definition) is 1. The van der Waals surface area contributed by atoms with Crippen LogP contribution in [-0.2, 0) is 4.79 Å². The average Bonchev–Trinajstić information content (AvgIpc) is 2.11. The molecule has 80 valence electrons. The lowest BCUT2D eigenvalue weighted by atomic mass is 9.85. The number of hydrogen-bond acceptors (Lipinski definition) is 1. The molecule has 0 bridgehead atoms. The molecule has 0 radical (unpaired) electrons. The standard InChI is InChI=1S/C12H20O2/c1-5-6-8-12(3,4)9-7-10(2)11(13)14/h10H,5,7,9H2,1-4H3,(H,13,14). The van der Waals surface area contributed by atoms with Crippen LogP contribution in [0.25, 0.3) is 0 Å². The van der Waals surface area contributed by atoms with Crippen LogP contribution in [0.3, 0.4) is 0 Å². The molecule has 2 heteroatoms. The molecule has 0 heterocycles. The van der Waals surface area contributed by atoms with Crippen LogP contribution in [0, 0.1) is 23.2 Å². The summed E-state index contributed by atoms with van der Waals surface area (Å²) in [5.74, 6) is 5.22. The molecule has 1 unspecified atom stereocenters. The normalized spacial score (nSPS) is 12.9. The van der Waals surface area contributed by atoms with Crippen LogP contribution in [0.2, 0.25) is 0 Å². The van der Waals surface area contributed by atoms with Gasteiger partial charge in [0.05, 0.1) is 5.92 Å². The second-order valence-corrected chi connectivity index (χ2v) is 4.32. The lowest BCUT2D eigenvalue weighted by molar-refractivity contribution is -0.141. The molecule has 0 saturated heterocycles. The zero-order valence-corrected chi connectivity index (χ0v) is 9.55. The van der Waals surface area contributed by atoms with Gasteiger partial charge in [0.25, 0.3) is 0 Å². The molecule has 2 nitrogen and oxygen atoms in total. The summed E-state index contributed by atoms with van der Waals surface area (Å²) in [5.41, 5.74) is -0.0558. The van der Waals surface area contributed by atoms with Crippen LogP contribution in [0.4, 0.5) is 0 Å². The van der Waals surface area contributed by atoms with Crippen molar-refractivity contribution in [1.82, 2.24) is 0 Å². The summed E-state index contributed by atoms with van der Waals surface area (Å²) in [5, 5.41) is 8.72. The first-order valence-corrected chi connectivity index (χ1v) is 5.12. The highest BCUT2D eigenvalue weighted by atomic mass is 16.4. The second-order valence-electron chi connectivity index (χ2n) is 4.32. The number of carboxylic acids is 1. The SMILES string of the molecule is CCC#CC(C)(C)CCC(C)C(=O)O. The Kier molecular flexibility index (Phi) is 5.30. The molecule has 0 saturated carbocycles. The van der Waals surface area contributed by atoms with Gasteiger partial charge in [-0.25, -0.2) is 0 Å². The number of carboxylic acid groups (broad SMARTS) is 1. The van der Waals surface area contributed by atoms with Gasteiger partial charge in [-0.3, -0.25) is 4.79 Å². The Morgan fingerprint density at radius 1 is 1.50 bits per heavy atom. The Labute approximate surface area is 86.7 Å². The minimum atomic E-state index is -0.718. The van der Waals surface area contributed by atoms with Crippen molar-refractivity contribution >= 4 is 5.97 Å². The number of rotatable bonds is 4. The summed E-state index contributed by atoms with van der Waals surface area (Å²) < 4.78 is 0. The third-order valence-corrected chi connectivity index (χ3v) is 2.23. The van der Waals surface area contributed by atoms with Crippen molar-refractivity contribution in [2.24, 2.45) is 11.3 Å². The highest BCUT2D eigenvalue weighted by Crippen LogP contribution is 2.23. The summed E-state index contributed by atoms with van der Waals surface area (Å²) >= 11 is 0. The minimum absolute atomic E-state index is 0.0558. The van der Waals surface area contributed by atoms with Gasteiger partial charge < -0.3 is 5.11 Å². The van der Waals surface area contributed by atoms with Crippen LogP contribution in [0.15, 0.2) is 0 Å². The van der Waals surface area contributed by atoms with Crippen LogP contribution in [0.5, 0.6) is 0 Å². The molecule has 0 fully saturated rings. The first kappa shape index (κ1) is 13.0. The predicted molar refractivity (Wildman–Crippen MR) is 57.9 cm³/mol. The van der Waals surface area contributed by atoms with E-state index in [-0.39, 0.29) is 11.3 Å².